The standard InChI is InChI=1S/C15H20N2O4S/c1-11(18)16-8-12-2-4-14(5-3-12)15(19)17-9-13-6-7-22(20,21)10-13/h2-5,13H,6-10H2,1H3,(H,16,18)(H,17,19)/t13-/m1/s1. The highest BCUT2D eigenvalue weighted by molar-refractivity contribution is 7.91. The van der Waals surface area contributed by atoms with Crippen molar-refractivity contribution in [2.75, 3.05) is 18.1 Å². The van der Waals surface area contributed by atoms with Crippen LogP contribution >= 0.6 is 0 Å². The molecule has 1 aromatic carbocycles. The lowest BCUT2D eigenvalue weighted by Gasteiger charge is -2.10. The van der Waals surface area contributed by atoms with Crippen molar-refractivity contribution in [3.05, 3.63) is 35.4 Å². The summed E-state index contributed by atoms with van der Waals surface area (Å²) in [5, 5.41) is 5.46. The van der Waals surface area contributed by atoms with Crippen LogP contribution < -0.4 is 10.6 Å². The number of benzene rings is 1. The molecule has 1 atom stereocenters. The van der Waals surface area contributed by atoms with Gasteiger partial charge in [0.05, 0.1) is 11.5 Å². The lowest BCUT2D eigenvalue weighted by Crippen LogP contribution is -2.29. The smallest absolute Gasteiger partial charge is 0.251 e. The summed E-state index contributed by atoms with van der Waals surface area (Å²) < 4.78 is 22.7. The van der Waals surface area contributed by atoms with Crippen molar-refractivity contribution in [3.63, 3.8) is 0 Å². The number of sulfone groups is 1. The van der Waals surface area contributed by atoms with Gasteiger partial charge in [0.15, 0.2) is 9.84 Å². The number of carbonyl (C=O) groups is 2. The van der Waals surface area contributed by atoms with Crippen LogP contribution in [0.15, 0.2) is 24.3 Å². The maximum atomic E-state index is 12.0. The third kappa shape index (κ3) is 4.84. The summed E-state index contributed by atoms with van der Waals surface area (Å²) >= 11 is 0. The molecule has 2 N–H and O–H groups in total. The van der Waals surface area contributed by atoms with Crippen LogP contribution in [0.5, 0.6) is 0 Å². The van der Waals surface area contributed by atoms with E-state index in [0.29, 0.717) is 25.1 Å². The van der Waals surface area contributed by atoms with Gasteiger partial charge in [0, 0.05) is 25.6 Å². The topological polar surface area (TPSA) is 92.3 Å². The van der Waals surface area contributed by atoms with Crippen molar-refractivity contribution in [3.8, 4) is 0 Å². The molecule has 0 unspecified atom stereocenters. The van der Waals surface area contributed by atoms with Crippen molar-refractivity contribution in [1.82, 2.24) is 10.6 Å². The molecule has 7 heteroatoms. The van der Waals surface area contributed by atoms with Crippen molar-refractivity contribution < 1.29 is 18.0 Å². The van der Waals surface area contributed by atoms with Gasteiger partial charge in [-0.15, -0.1) is 0 Å². The fourth-order valence-corrected chi connectivity index (χ4v) is 4.23. The second kappa shape index (κ2) is 6.91. The molecular weight excluding hydrogens is 304 g/mol. The number of amides is 2. The Labute approximate surface area is 130 Å². The molecule has 0 bridgehead atoms. The van der Waals surface area contributed by atoms with Gasteiger partial charge < -0.3 is 10.6 Å². The molecule has 2 amide bonds. The van der Waals surface area contributed by atoms with Crippen LogP contribution in [0.4, 0.5) is 0 Å². The monoisotopic (exact) mass is 324 g/mol. The minimum atomic E-state index is -2.91. The van der Waals surface area contributed by atoms with Crippen molar-refractivity contribution in [1.29, 1.82) is 0 Å². The average molecular weight is 324 g/mol. The predicted molar refractivity (Wildman–Crippen MR) is 83.1 cm³/mol. The largest absolute Gasteiger partial charge is 0.352 e. The van der Waals surface area contributed by atoms with Crippen LogP contribution in [-0.2, 0) is 21.2 Å². The first kappa shape index (κ1) is 16.5. The predicted octanol–water partition coefficient (Wildman–Crippen LogP) is 0.487. The molecule has 1 aliphatic rings. The van der Waals surface area contributed by atoms with E-state index in [2.05, 4.69) is 10.6 Å². The Kier molecular flexibility index (Phi) is 5.18. The molecule has 120 valence electrons. The second-order valence-electron chi connectivity index (χ2n) is 5.59. The summed E-state index contributed by atoms with van der Waals surface area (Å²) in [6, 6.07) is 6.95. The van der Waals surface area contributed by atoms with E-state index < -0.39 is 9.84 Å². The SMILES string of the molecule is CC(=O)NCc1ccc(C(=O)NC[C@H]2CCS(=O)(=O)C2)cc1. The Bertz CT molecular complexity index is 653. The molecule has 0 aliphatic carbocycles. The van der Waals surface area contributed by atoms with E-state index >= 15 is 0 Å². The summed E-state index contributed by atoms with van der Waals surface area (Å²) in [6.07, 6.45) is 0.609. The Morgan fingerprint density at radius 2 is 1.86 bits per heavy atom. The molecule has 0 aromatic heterocycles. The van der Waals surface area contributed by atoms with Gasteiger partial charge in [-0.05, 0) is 30.0 Å². The summed E-state index contributed by atoms with van der Waals surface area (Å²) in [6.45, 7) is 2.26. The lowest BCUT2D eigenvalue weighted by atomic mass is 10.1. The Morgan fingerprint density at radius 1 is 1.18 bits per heavy atom. The van der Waals surface area contributed by atoms with E-state index in [9.17, 15) is 18.0 Å². The molecule has 1 aromatic rings. The highest BCUT2D eigenvalue weighted by atomic mass is 32.2. The normalized spacial score (nSPS) is 19.6. The van der Waals surface area contributed by atoms with E-state index in [0.717, 1.165) is 5.56 Å². The van der Waals surface area contributed by atoms with Crippen LogP contribution in [0.2, 0.25) is 0 Å². The minimum absolute atomic E-state index is 0.00740. The number of rotatable bonds is 5. The quantitative estimate of drug-likeness (QED) is 0.824. The third-order valence-corrected chi connectivity index (χ3v) is 5.47. The zero-order valence-electron chi connectivity index (χ0n) is 12.5. The number of nitrogens with one attached hydrogen (secondary N) is 2. The number of carbonyl (C=O) groups excluding carboxylic acids is 2. The summed E-state index contributed by atoms with van der Waals surface area (Å²) in [4.78, 5) is 22.8. The van der Waals surface area contributed by atoms with Crippen LogP contribution in [0.3, 0.4) is 0 Å². The highest BCUT2D eigenvalue weighted by Crippen LogP contribution is 2.17. The van der Waals surface area contributed by atoms with Gasteiger partial charge in [0.1, 0.15) is 0 Å². The molecule has 0 spiro atoms. The van der Waals surface area contributed by atoms with Crippen LogP contribution in [0.25, 0.3) is 0 Å². The molecule has 1 fully saturated rings. The van der Waals surface area contributed by atoms with Crippen molar-refractivity contribution in [2.45, 2.75) is 19.9 Å². The number of hydrogen-bond donors (Lipinski definition) is 2. The maximum Gasteiger partial charge on any atom is 0.251 e. The molecule has 2 rings (SSSR count). The Hall–Kier alpha value is -1.89. The van der Waals surface area contributed by atoms with Gasteiger partial charge in [-0.3, -0.25) is 9.59 Å². The summed E-state index contributed by atoms with van der Waals surface area (Å²) in [5.74, 6) is 0.0608. The van der Waals surface area contributed by atoms with E-state index in [-0.39, 0.29) is 29.2 Å². The number of hydrogen-bond acceptors (Lipinski definition) is 4. The van der Waals surface area contributed by atoms with Crippen LogP contribution in [0.1, 0.15) is 29.3 Å². The highest BCUT2D eigenvalue weighted by Gasteiger charge is 2.27. The van der Waals surface area contributed by atoms with E-state index in [4.69, 9.17) is 0 Å². The van der Waals surface area contributed by atoms with Gasteiger partial charge in [-0.25, -0.2) is 8.42 Å². The zero-order chi connectivity index (χ0) is 16.2. The van der Waals surface area contributed by atoms with Crippen molar-refractivity contribution in [2.24, 2.45) is 5.92 Å². The first-order valence-electron chi connectivity index (χ1n) is 7.18. The van der Waals surface area contributed by atoms with Gasteiger partial charge in [0.25, 0.3) is 5.91 Å². The third-order valence-electron chi connectivity index (χ3n) is 3.64. The first-order valence-corrected chi connectivity index (χ1v) is 9.00. The second-order valence-corrected chi connectivity index (χ2v) is 7.81. The van der Waals surface area contributed by atoms with E-state index in [1.807, 2.05) is 0 Å². The summed E-state index contributed by atoms with van der Waals surface area (Å²) in [5.41, 5.74) is 1.43. The van der Waals surface area contributed by atoms with Gasteiger partial charge in [-0.2, -0.15) is 0 Å². The fraction of sp³-hybridized carbons (Fsp3) is 0.467. The van der Waals surface area contributed by atoms with Gasteiger partial charge >= 0.3 is 0 Å². The molecule has 0 saturated carbocycles. The zero-order valence-corrected chi connectivity index (χ0v) is 13.3. The molecular formula is C15H20N2O4S. The van der Waals surface area contributed by atoms with Gasteiger partial charge in [-0.1, -0.05) is 12.1 Å². The van der Waals surface area contributed by atoms with Crippen molar-refractivity contribution >= 4 is 21.7 Å². The van der Waals surface area contributed by atoms with E-state index in [1.165, 1.54) is 6.92 Å². The molecule has 1 aliphatic heterocycles. The molecule has 1 saturated heterocycles. The molecule has 22 heavy (non-hydrogen) atoms. The molecule has 0 radical (unpaired) electrons. The maximum absolute atomic E-state index is 12.0. The van der Waals surface area contributed by atoms with Crippen LogP contribution in [0, 0.1) is 5.92 Å². The lowest BCUT2D eigenvalue weighted by molar-refractivity contribution is -0.119. The molecule has 1 heterocycles. The average Bonchev–Trinajstić information content (AvgIpc) is 2.82. The van der Waals surface area contributed by atoms with E-state index in [1.54, 1.807) is 24.3 Å². The van der Waals surface area contributed by atoms with Gasteiger partial charge in [0.2, 0.25) is 5.91 Å². The Morgan fingerprint density at radius 3 is 2.41 bits per heavy atom. The summed E-state index contributed by atoms with van der Waals surface area (Å²) in [7, 11) is -2.91. The minimum Gasteiger partial charge on any atom is -0.352 e. The Balaban J connectivity index is 1.83. The first-order chi connectivity index (χ1) is 10.4. The van der Waals surface area contributed by atoms with Crippen LogP contribution in [-0.4, -0.2) is 38.3 Å². The fourth-order valence-electron chi connectivity index (χ4n) is 2.37. The molecule has 6 nitrogen and oxygen atoms in total.